The van der Waals surface area contributed by atoms with Gasteiger partial charge >= 0.3 is 0 Å². The summed E-state index contributed by atoms with van der Waals surface area (Å²) in [6, 6.07) is 8.92. The van der Waals surface area contributed by atoms with Gasteiger partial charge in [0.25, 0.3) is 0 Å². The standard InChI is InChI=1S/C20H24FN5O2.HI/c1-22-20(26-8-6-25(7-9-26)18-4-2-3-5-23-18)24-12-15-10-17(21)11-16-13-27-14-28-19(15)16;/h2-5,10-11H,6-9,12-14H2,1H3,(H,22,24);1H. The molecule has 0 atom stereocenters. The molecule has 0 spiro atoms. The van der Waals surface area contributed by atoms with Gasteiger partial charge in [-0.1, -0.05) is 6.07 Å². The van der Waals surface area contributed by atoms with Gasteiger partial charge in [-0.3, -0.25) is 4.99 Å². The summed E-state index contributed by atoms with van der Waals surface area (Å²) < 4.78 is 24.8. The third kappa shape index (κ3) is 5.08. The Hall–Kier alpha value is -2.14. The number of anilines is 1. The van der Waals surface area contributed by atoms with Crippen LogP contribution in [0.15, 0.2) is 41.5 Å². The maximum atomic E-state index is 13.9. The van der Waals surface area contributed by atoms with Gasteiger partial charge in [0.1, 0.15) is 17.4 Å². The highest BCUT2D eigenvalue weighted by atomic mass is 127. The van der Waals surface area contributed by atoms with Crippen molar-refractivity contribution < 1.29 is 13.9 Å². The van der Waals surface area contributed by atoms with Crippen molar-refractivity contribution in [3.8, 4) is 5.75 Å². The van der Waals surface area contributed by atoms with Crippen molar-refractivity contribution in [1.82, 2.24) is 15.2 Å². The Kier molecular flexibility index (Phi) is 7.48. The number of fused-ring (bicyclic) bond motifs is 1. The van der Waals surface area contributed by atoms with E-state index in [1.165, 1.54) is 12.1 Å². The molecule has 1 saturated heterocycles. The molecule has 1 fully saturated rings. The summed E-state index contributed by atoms with van der Waals surface area (Å²) in [7, 11) is 1.76. The normalized spacial score (nSPS) is 16.6. The van der Waals surface area contributed by atoms with Crippen molar-refractivity contribution in [2.45, 2.75) is 13.2 Å². The van der Waals surface area contributed by atoms with Gasteiger partial charge in [0.15, 0.2) is 12.8 Å². The van der Waals surface area contributed by atoms with E-state index in [-0.39, 0.29) is 36.6 Å². The minimum absolute atomic E-state index is 0. The van der Waals surface area contributed by atoms with E-state index in [0.29, 0.717) is 18.9 Å². The minimum atomic E-state index is -0.288. The van der Waals surface area contributed by atoms with Crippen LogP contribution >= 0.6 is 24.0 Å². The first-order chi connectivity index (χ1) is 13.7. The molecule has 3 heterocycles. The Balaban J connectivity index is 0.00000240. The van der Waals surface area contributed by atoms with E-state index in [9.17, 15) is 4.39 Å². The molecule has 29 heavy (non-hydrogen) atoms. The molecule has 2 aromatic rings. The molecule has 0 unspecified atom stereocenters. The van der Waals surface area contributed by atoms with Crippen LogP contribution in [-0.4, -0.2) is 55.9 Å². The number of aliphatic imine (C=N–C) groups is 1. The maximum Gasteiger partial charge on any atom is 0.194 e. The van der Waals surface area contributed by atoms with Crippen molar-refractivity contribution in [2.24, 2.45) is 4.99 Å². The summed E-state index contributed by atoms with van der Waals surface area (Å²) in [5.41, 5.74) is 1.51. The Morgan fingerprint density at radius 2 is 2.07 bits per heavy atom. The number of rotatable bonds is 3. The van der Waals surface area contributed by atoms with E-state index in [2.05, 4.69) is 25.1 Å². The molecule has 1 aromatic heterocycles. The summed E-state index contributed by atoms with van der Waals surface area (Å²) in [5, 5.41) is 3.34. The lowest BCUT2D eigenvalue weighted by atomic mass is 10.1. The molecule has 1 N–H and O–H groups in total. The third-order valence-corrected chi connectivity index (χ3v) is 4.95. The lowest BCUT2D eigenvalue weighted by Gasteiger charge is -2.37. The second-order valence-electron chi connectivity index (χ2n) is 6.73. The molecule has 0 bridgehead atoms. The molecular weight excluding hydrogens is 488 g/mol. The van der Waals surface area contributed by atoms with Gasteiger partial charge in [-0.2, -0.15) is 0 Å². The number of benzene rings is 1. The van der Waals surface area contributed by atoms with Gasteiger partial charge in [-0.05, 0) is 24.3 Å². The van der Waals surface area contributed by atoms with E-state index >= 15 is 0 Å². The smallest absolute Gasteiger partial charge is 0.194 e. The van der Waals surface area contributed by atoms with Gasteiger partial charge in [0, 0.05) is 57.1 Å². The first kappa shape index (κ1) is 21.6. The molecule has 4 rings (SSSR count). The number of guanidine groups is 1. The van der Waals surface area contributed by atoms with Crippen LogP contribution in [0.25, 0.3) is 0 Å². The summed E-state index contributed by atoms with van der Waals surface area (Å²) in [5.74, 6) is 2.21. The van der Waals surface area contributed by atoms with Crippen LogP contribution in [0.3, 0.4) is 0 Å². The molecule has 9 heteroatoms. The van der Waals surface area contributed by atoms with E-state index in [1.54, 1.807) is 7.05 Å². The summed E-state index contributed by atoms with van der Waals surface area (Å²) in [4.78, 5) is 13.3. The van der Waals surface area contributed by atoms with Gasteiger partial charge in [0.05, 0.1) is 6.61 Å². The molecule has 0 radical (unpaired) electrons. The number of nitrogens with zero attached hydrogens (tertiary/aromatic N) is 4. The Bertz CT molecular complexity index is 844. The number of hydrogen-bond acceptors (Lipinski definition) is 5. The molecule has 2 aliphatic rings. The average Bonchev–Trinajstić information content (AvgIpc) is 2.75. The van der Waals surface area contributed by atoms with Crippen LogP contribution in [-0.2, 0) is 17.9 Å². The lowest BCUT2D eigenvalue weighted by Crippen LogP contribution is -2.52. The Labute approximate surface area is 186 Å². The molecule has 7 nitrogen and oxygen atoms in total. The Morgan fingerprint density at radius 1 is 1.24 bits per heavy atom. The monoisotopic (exact) mass is 513 g/mol. The van der Waals surface area contributed by atoms with Gasteiger partial charge in [-0.15, -0.1) is 24.0 Å². The highest BCUT2D eigenvalue weighted by molar-refractivity contribution is 14.0. The average molecular weight is 513 g/mol. The second kappa shape index (κ2) is 10.1. The molecule has 2 aliphatic heterocycles. The van der Waals surface area contributed by atoms with Crippen molar-refractivity contribution in [2.75, 3.05) is 44.9 Å². The first-order valence-electron chi connectivity index (χ1n) is 9.38. The molecule has 0 saturated carbocycles. The minimum Gasteiger partial charge on any atom is -0.467 e. The summed E-state index contributed by atoms with van der Waals surface area (Å²) in [6.45, 7) is 4.40. The fourth-order valence-electron chi connectivity index (χ4n) is 3.58. The zero-order valence-corrected chi connectivity index (χ0v) is 18.6. The van der Waals surface area contributed by atoms with E-state index < -0.39 is 0 Å². The molecule has 0 amide bonds. The first-order valence-corrected chi connectivity index (χ1v) is 9.38. The van der Waals surface area contributed by atoms with Crippen LogP contribution in [0.4, 0.5) is 10.2 Å². The van der Waals surface area contributed by atoms with Crippen molar-refractivity contribution >= 4 is 35.8 Å². The third-order valence-electron chi connectivity index (χ3n) is 4.95. The van der Waals surface area contributed by atoms with Crippen LogP contribution in [0, 0.1) is 5.82 Å². The number of aromatic nitrogens is 1. The predicted octanol–water partition coefficient (Wildman–Crippen LogP) is 2.60. The number of nitrogens with one attached hydrogen (secondary N) is 1. The number of piperazine rings is 1. The van der Waals surface area contributed by atoms with Crippen LogP contribution in [0.2, 0.25) is 0 Å². The topological polar surface area (TPSA) is 62.2 Å². The van der Waals surface area contributed by atoms with Crippen molar-refractivity contribution in [1.29, 1.82) is 0 Å². The van der Waals surface area contributed by atoms with Gasteiger partial charge in [-0.25, -0.2) is 9.37 Å². The number of hydrogen-bond donors (Lipinski definition) is 1. The number of ether oxygens (including phenoxy) is 2. The maximum absolute atomic E-state index is 13.9. The zero-order valence-electron chi connectivity index (χ0n) is 16.3. The molecule has 1 aromatic carbocycles. The van der Waals surface area contributed by atoms with Crippen LogP contribution < -0.4 is 15.0 Å². The largest absolute Gasteiger partial charge is 0.467 e. The highest BCUT2D eigenvalue weighted by Crippen LogP contribution is 2.29. The Morgan fingerprint density at radius 3 is 2.79 bits per heavy atom. The quantitative estimate of drug-likeness (QED) is 0.387. The van der Waals surface area contributed by atoms with Gasteiger partial charge < -0.3 is 24.6 Å². The van der Waals surface area contributed by atoms with E-state index in [0.717, 1.165) is 49.1 Å². The molecular formula is C20H25FIN5O2. The second-order valence-corrected chi connectivity index (χ2v) is 6.73. The van der Waals surface area contributed by atoms with E-state index in [1.807, 2.05) is 24.4 Å². The zero-order chi connectivity index (χ0) is 19.3. The van der Waals surface area contributed by atoms with Crippen molar-refractivity contribution in [3.63, 3.8) is 0 Å². The highest BCUT2D eigenvalue weighted by Gasteiger charge is 2.21. The summed E-state index contributed by atoms with van der Waals surface area (Å²) >= 11 is 0. The fraction of sp³-hybridized carbons (Fsp3) is 0.400. The fourth-order valence-corrected chi connectivity index (χ4v) is 3.58. The molecule has 156 valence electrons. The molecule has 0 aliphatic carbocycles. The van der Waals surface area contributed by atoms with Crippen molar-refractivity contribution in [3.05, 3.63) is 53.5 Å². The summed E-state index contributed by atoms with van der Waals surface area (Å²) in [6.07, 6.45) is 1.81. The lowest BCUT2D eigenvalue weighted by molar-refractivity contribution is -0.0173. The number of halogens is 2. The number of pyridine rings is 1. The van der Waals surface area contributed by atoms with Crippen LogP contribution in [0.5, 0.6) is 5.75 Å². The predicted molar refractivity (Wildman–Crippen MR) is 120 cm³/mol. The van der Waals surface area contributed by atoms with Gasteiger partial charge in [0.2, 0.25) is 0 Å². The van der Waals surface area contributed by atoms with Crippen LogP contribution in [0.1, 0.15) is 11.1 Å². The SMILES string of the molecule is CN=C(NCc1cc(F)cc2c1OCOC2)N1CCN(c2ccccn2)CC1.I. The van der Waals surface area contributed by atoms with E-state index in [4.69, 9.17) is 9.47 Å².